The first-order valence-electron chi connectivity index (χ1n) is 5.74. The third-order valence-electron chi connectivity index (χ3n) is 2.54. The molecular weight excluding hydrogens is 288 g/mol. The van der Waals surface area contributed by atoms with Crippen molar-refractivity contribution in [2.75, 3.05) is 19.8 Å². The van der Waals surface area contributed by atoms with Gasteiger partial charge in [0.15, 0.2) is 0 Å². The van der Waals surface area contributed by atoms with Crippen molar-refractivity contribution >= 4 is 33.1 Å². The lowest BCUT2D eigenvalue weighted by atomic mass is 10.3. The summed E-state index contributed by atoms with van der Waals surface area (Å²) >= 11 is 3.20. The predicted octanol–water partition coefficient (Wildman–Crippen LogP) is 1.89. The lowest BCUT2D eigenvalue weighted by Crippen LogP contribution is -2.25. The van der Waals surface area contributed by atoms with Gasteiger partial charge in [-0.15, -0.1) is 11.3 Å². The lowest BCUT2D eigenvalue weighted by Gasteiger charge is -2.08. The Morgan fingerprint density at radius 3 is 2.83 bits per heavy atom. The highest BCUT2D eigenvalue weighted by Crippen LogP contribution is 2.19. The molecule has 0 saturated heterocycles. The van der Waals surface area contributed by atoms with Gasteiger partial charge in [0, 0.05) is 28.6 Å². The van der Waals surface area contributed by atoms with E-state index in [0.29, 0.717) is 23.2 Å². The van der Waals surface area contributed by atoms with Crippen LogP contribution in [0.4, 0.5) is 0 Å². The summed E-state index contributed by atoms with van der Waals surface area (Å²) in [5.74, 6) is 0. The highest BCUT2D eigenvalue weighted by Gasteiger charge is 2.15. The zero-order valence-corrected chi connectivity index (χ0v) is 13.3. The topological polar surface area (TPSA) is 58.2 Å². The average Bonchev–Trinajstić information content (AvgIpc) is 2.78. The third kappa shape index (κ3) is 4.89. The van der Waals surface area contributed by atoms with Gasteiger partial charge in [-0.3, -0.25) is 0 Å². The van der Waals surface area contributed by atoms with Crippen molar-refractivity contribution in [2.45, 2.75) is 30.0 Å². The molecule has 4 nitrogen and oxygen atoms in total. The van der Waals surface area contributed by atoms with E-state index in [2.05, 4.69) is 17.0 Å². The van der Waals surface area contributed by atoms with Crippen LogP contribution in [-0.2, 0) is 16.6 Å². The van der Waals surface area contributed by atoms with Crippen molar-refractivity contribution in [3.05, 3.63) is 16.3 Å². The minimum atomic E-state index is -3.34. The molecule has 104 valence electrons. The van der Waals surface area contributed by atoms with Crippen molar-refractivity contribution in [3.63, 3.8) is 0 Å². The second-order valence-corrected chi connectivity index (χ2v) is 8.05. The van der Waals surface area contributed by atoms with Gasteiger partial charge in [-0.05, 0) is 25.8 Å². The van der Waals surface area contributed by atoms with Crippen LogP contribution >= 0.6 is 23.1 Å². The van der Waals surface area contributed by atoms with Crippen LogP contribution in [0.25, 0.3) is 0 Å². The fraction of sp³-hybridized carbons (Fsp3) is 0.636. The monoisotopic (exact) mass is 308 g/mol. The van der Waals surface area contributed by atoms with Crippen LogP contribution in [0.5, 0.6) is 0 Å². The summed E-state index contributed by atoms with van der Waals surface area (Å²) in [6.45, 7) is 3.28. The maximum atomic E-state index is 12.0. The summed E-state index contributed by atoms with van der Waals surface area (Å²) in [5, 5.41) is 5.16. The van der Waals surface area contributed by atoms with Crippen LogP contribution in [0.3, 0.4) is 0 Å². The Bertz CT molecular complexity index is 457. The summed E-state index contributed by atoms with van der Waals surface area (Å²) in [4.78, 5) is 1.39. The molecule has 0 amide bonds. The molecule has 7 heteroatoms. The normalized spacial score (nSPS) is 13.7. The zero-order chi connectivity index (χ0) is 13.6. The van der Waals surface area contributed by atoms with Crippen molar-refractivity contribution in [3.8, 4) is 0 Å². The molecule has 0 radical (unpaired) electrons. The summed E-state index contributed by atoms with van der Waals surface area (Å²) in [6.07, 6.45) is 2.87. The summed E-state index contributed by atoms with van der Waals surface area (Å²) in [6, 6.07) is 1.72. The van der Waals surface area contributed by atoms with Gasteiger partial charge >= 0.3 is 0 Å². The second-order valence-electron chi connectivity index (χ2n) is 4.01. The highest BCUT2D eigenvalue weighted by atomic mass is 32.2. The summed E-state index contributed by atoms with van der Waals surface area (Å²) < 4.78 is 26.6. The first kappa shape index (κ1) is 16.0. The average molecular weight is 308 g/mol. The minimum absolute atomic E-state index is 0.370. The van der Waals surface area contributed by atoms with E-state index in [-0.39, 0.29) is 0 Å². The molecule has 0 bridgehead atoms. The number of hydrogen-bond donors (Lipinski definition) is 2. The fourth-order valence-electron chi connectivity index (χ4n) is 1.37. The molecule has 1 aromatic rings. The van der Waals surface area contributed by atoms with E-state index in [9.17, 15) is 8.42 Å². The van der Waals surface area contributed by atoms with Gasteiger partial charge < -0.3 is 5.32 Å². The number of rotatable bonds is 8. The molecule has 0 fully saturated rings. The first-order valence-corrected chi connectivity index (χ1v) is 9.39. The number of thioether (sulfide) groups is 1. The Labute approximate surface area is 118 Å². The molecule has 18 heavy (non-hydrogen) atoms. The molecular formula is C11H20N2O2S3. The zero-order valence-electron chi connectivity index (χ0n) is 10.9. The van der Waals surface area contributed by atoms with Crippen LogP contribution in [0.2, 0.25) is 0 Å². The molecule has 1 heterocycles. The Hall–Kier alpha value is -0.0800. The van der Waals surface area contributed by atoms with Crippen molar-refractivity contribution in [2.24, 2.45) is 0 Å². The van der Waals surface area contributed by atoms with Crippen molar-refractivity contribution in [1.29, 1.82) is 0 Å². The predicted molar refractivity (Wildman–Crippen MR) is 79.9 cm³/mol. The largest absolute Gasteiger partial charge is 0.315 e. The Kier molecular flexibility index (Phi) is 6.65. The van der Waals surface area contributed by atoms with Crippen molar-refractivity contribution in [1.82, 2.24) is 10.0 Å². The summed E-state index contributed by atoms with van der Waals surface area (Å²) in [7, 11) is -1.50. The van der Waals surface area contributed by atoms with E-state index in [1.165, 1.54) is 11.3 Å². The molecule has 0 spiro atoms. The van der Waals surface area contributed by atoms with E-state index in [1.807, 2.05) is 13.3 Å². The Morgan fingerprint density at radius 2 is 2.22 bits per heavy atom. The van der Waals surface area contributed by atoms with Gasteiger partial charge in [-0.1, -0.05) is 6.92 Å². The minimum Gasteiger partial charge on any atom is -0.315 e. The highest BCUT2D eigenvalue weighted by molar-refractivity contribution is 7.99. The maximum Gasteiger partial charge on any atom is 0.241 e. The molecule has 1 aromatic heterocycles. The Balaban J connectivity index is 2.56. The molecule has 0 aliphatic heterocycles. The molecule has 1 rings (SSSR count). The van der Waals surface area contributed by atoms with Crippen molar-refractivity contribution < 1.29 is 8.42 Å². The van der Waals surface area contributed by atoms with E-state index in [0.717, 1.165) is 11.3 Å². The van der Waals surface area contributed by atoms with Gasteiger partial charge in [0.2, 0.25) is 10.0 Å². The molecule has 1 atom stereocenters. The molecule has 0 saturated carbocycles. The van der Waals surface area contributed by atoms with Gasteiger partial charge in [0.1, 0.15) is 0 Å². The number of thiophene rings is 1. The lowest BCUT2D eigenvalue weighted by molar-refractivity contribution is 0.579. The molecule has 0 aromatic carbocycles. The van der Waals surface area contributed by atoms with Gasteiger partial charge in [0.05, 0.1) is 4.90 Å². The number of hydrogen-bond acceptors (Lipinski definition) is 5. The maximum absolute atomic E-state index is 12.0. The standard InChI is InChI=1S/C11H20N2O2S3/c1-9(16-3)4-5-13-18(14,15)11-6-10(7-12-2)17-8-11/h6,8-9,12-13H,4-5,7H2,1-3H3. The van der Waals surface area contributed by atoms with Gasteiger partial charge in [0.25, 0.3) is 0 Å². The number of nitrogens with one attached hydrogen (secondary N) is 2. The van der Waals surface area contributed by atoms with Gasteiger partial charge in [-0.2, -0.15) is 11.8 Å². The van der Waals surface area contributed by atoms with Crippen LogP contribution in [0, 0.1) is 0 Å². The van der Waals surface area contributed by atoms with E-state index < -0.39 is 10.0 Å². The van der Waals surface area contributed by atoms with Gasteiger partial charge in [-0.25, -0.2) is 13.1 Å². The van der Waals surface area contributed by atoms with E-state index in [4.69, 9.17) is 0 Å². The Morgan fingerprint density at radius 1 is 1.50 bits per heavy atom. The van der Waals surface area contributed by atoms with E-state index >= 15 is 0 Å². The molecule has 2 N–H and O–H groups in total. The molecule has 1 unspecified atom stereocenters. The van der Waals surface area contributed by atoms with E-state index in [1.54, 1.807) is 23.2 Å². The van der Waals surface area contributed by atoms with Crippen LogP contribution in [0.1, 0.15) is 18.2 Å². The SMILES string of the molecule is CNCc1cc(S(=O)(=O)NCCC(C)SC)cs1. The quantitative estimate of drug-likeness (QED) is 0.770. The molecule has 0 aliphatic rings. The van der Waals surface area contributed by atoms with Crippen LogP contribution in [0.15, 0.2) is 16.3 Å². The number of sulfonamides is 1. The second kappa shape index (κ2) is 7.49. The molecule has 0 aliphatic carbocycles. The smallest absolute Gasteiger partial charge is 0.241 e. The first-order chi connectivity index (χ1) is 8.49. The fourth-order valence-corrected chi connectivity index (χ4v) is 4.05. The van der Waals surface area contributed by atoms with Crippen LogP contribution < -0.4 is 10.0 Å². The summed E-state index contributed by atoms with van der Waals surface area (Å²) in [5.41, 5.74) is 0. The van der Waals surface area contributed by atoms with Crippen LogP contribution in [-0.4, -0.2) is 33.5 Å². The third-order valence-corrected chi connectivity index (χ3v) is 6.10.